The van der Waals surface area contributed by atoms with E-state index in [4.69, 9.17) is 9.36 Å². The molecule has 21 heavy (non-hydrogen) atoms. The molecule has 3 heterocycles. The van der Waals surface area contributed by atoms with Gasteiger partial charge in [0, 0.05) is 31.5 Å². The van der Waals surface area contributed by atoms with E-state index >= 15 is 0 Å². The Morgan fingerprint density at radius 3 is 2.76 bits per heavy atom. The van der Waals surface area contributed by atoms with Gasteiger partial charge in [-0.05, 0) is 26.7 Å². The van der Waals surface area contributed by atoms with Crippen molar-refractivity contribution in [2.75, 3.05) is 13.1 Å². The highest BCUT2D eigenvalue weighted by atomic mass is 16.6. The van der Waals surface area contributed by atoms with Gasteiger partial charge in [0.25, 0.3) is 0 Å². The summed E-state index contributed by atoms with van der Waals surface area (Å²) in [6.45, 7) is 5.26. The molecule has 1 saturated heterocycles. The fourth-order valence-corrected chi connectivity index (χ4v) is 2.72. The molecule has 1 aromatic heterocycles. The van der Waals surface area contributed by atoms with Crippen molar-refractivity contribution in [2.24, 2.45) is 5.16 Å². The minimum atomic E-state index is -0.0985. The monoisotopic (exact) mass is 292 g/mol. The van der Waals surface area contributed by atoms with E-state index in [0.29, 0.717) is 31.3 Å². The fraction of sp³-hybridized carbons (Fsp3) is 0.643. The molecule has 0 spiro atoms. The van der Waals surface area contributed by atoms with Crippen LogP contribution in [-0.2, 0) is 4.84 Å². The van der Waals surface area contributed by atoms with Crippen molar-refractivity contribution >= 4 is 11.9 Å². The maximum absolute atomic E-state index is 12.2. The first-order valence-electron chi connectivity index (χ1n) is 7.33. The SMILES string of the molecule is Cc1cc(C2CCN(C(=O)NC3=NOC(C)C3)CC2)on1. The number of nitrogens with one attached hydrogen (secondary N) is 1. The smallest absolute Gasteiger partial charge is 0.322 e. The van der Waals surface area contributed by atoms with Crippen LogP contribution in [0.25, 0.3) is 0 Å². The molecule has 0 aliphatic carbocycles. The van der Waals surface area contributed by atoms with Gasteiger partial charge in [-0.3, -0.25) is 5.32 Å². The third-order valence-electron chi connectivity index (χ3n) is 3.91. The number of aryl methyl sites for hydroxylation is 1. The summed E-state index contributed by atoms with van der Waals surface area (Å²) in [5.74, 6) is 1.89. The van der Waals surface area contributed by atoms with Crippen molar-refractivity contribution in [1.82, 2.24) is 15.4 Å². The number of piperidine rings is 1. The van der Waals surface area contributed by atoms with Crippen molar-refractivity contribution < 1.29 is 14.2 Å². The Labute approximate surface area is 123 Å². The summed E-state index contributed by atoms with van der Waals surface area (Å²) in [5.41, 5.74) is 0.901. The van der Waals surface area contributed by atoms with Crippen LogP contribution in [0.15, 0.2) is 15.7 Å². The van der Waals surface area contributed by atoms with Crippen LogP contribution in [0.3, 0.4) is 0 Å². The van der Waals surface area contributed by atoms with Gasteiger partial charge in [0.1, 0.15) is 11.9 Å². The molecule has 1 aromatic rings. The Kier molecular flexibility index (Phi) is 3.81. The minimum Gasteiger partial charge on any atom is -0.391 e. The molecule has 0 saturated carbocycles. The molecular weight excluding hydrogens is 272 g/mol. The molecule has 2 aliphatic rings. The van der Waals surface area contributed by atoms with Crippen LogP contribution >= 0.6 is 0 Å². The summed E-state index contributed by atoms with van der Waals surface area (Å²) in [4.78, 5) is 19.0. The van der Waals surface area contributed by atoms with Gasteiger partial charge in [-0.25, -0.2) is 4.79 Å². The highest BCUT2D eigenvalue weighted by molar-refractivity contribution is 5.97. The van der Waals surface area contributed by atoms with E-state index in [2.05, 4.69) is 15.6 Å². The van der Waals surface area contributed by atoms with Crippen molar-refractivity contribution in [3.8, 4) is 0 Å². The van der Waals surface area contributed by atoms with Crippen LogP contribution in [0, 0.1) is 6.92 Å². The maximum Gasteiger partial charge on any atom is 0.322 e. The van der Waals surface area contributed by atoms with Crippen LogP contribution in [0.5, 0.6) is 0 Å². The number of rotatable bonds is 1. The number of hydrogen-bond acceptors (Lipinski definition) is 5. The molecule has 3 rings (SSSR count). The molecular formula is C14H20N4O3. The number of aromatic nitrogens is 1. The molecule has 1 fully saturated rings. The van der Waals surface area contributed by atoms with Crippen molar-refractivity contribution in [1.29, 1.82) is 0 Å². The van der Waals surface area contributed by atoms with Crippen molar-refractivity contribution in [3.05, 3.63) is 17.5 Å². The average molecular weight is 292 g/mol. The fourth-order valence-electron chi connectivity index (χ4n) is 2.72. The van der Waals surface area contributed by atoms with Gasteiger partial charge in [0.2, 0.25) is 0 Å². The van der Waals surface area contributed by atoms with Crippen LogP contribution in [0.2, 0.25) is 0 Å². The highest BCUT2D eigenvalue weighted by Crippen LogP contribution is 2.28. The summed E-state index contributed by atoms with van der Waals surface area (Å²) in [5, 5.41) is 10.6. The number of oxime groups is 1. The molecule has 1 N–H and O–H groups in total. The summed E-state index contributed by atoms with van der Waals surface area (Å²) >= 11 is 0. The predicted molar refractivity (Wildman–Crippen MR) is 75.9 cm³/mol. The topological polar surface area (TPSA) is 80.0 Å². The number of amides is 2. The van der Waals surface area contributed by atoms with Crippen molar-refractivity contribution in [2.45, 2.75) is 45.1 Å². The Morgan fingerprint density at radius 1 is 1.43 bits per heavy atom. The Hall–Kier alpha value is -2.05. The molecule has 0 bridgehead atoms. The summed E-state index contributed by atoms with van der Waals surface area (Å²) < 4.78 is 5.31. The van der Waals surface area contributed by atoms with E-state index in [0.717, 1.165) is 24.3 Å². The third-order valence-corrected chi connectivity index (χ3v) is 3.91. The largest absolute Gasteiger partial charge is 0.391 e. The Morgan fingerprint density at radius 2 is 2.19 bits per heavy atom. The second-order valence-electron chi connectivity index (χ2n) is 5.72. The second kappa shape index (κ2) is 5.75. The van der Waals surface area contributed by atoms with Gasteiger partial charge in [0.15, 0.2) is 5.84 Å². The van der Waals surface area contributed by atoms with Gasteiger partial charge in [-0.1, -0.05) is 10.3 Å². The molecule has 2 amide bonds. The van der Waals surface area contributed by atoms with Crippen LogP contribution in [-0.4, -0.2) is 41.1 Å². The summed E-state index contributed by atoms with van der Waals surface area (Å²) in [6.07, 6.45) is 2.48. The van der Waals surface area contributed by atoms with E-state index in [1.807, 2.05) is 24.8 Å². The Bertz CT molecular complexity index is 546. The molecule has 7 heteroatoms. The molecule has 1 unspecified atom stereocenters. The number of carbonyl (C=O) groups excluding carboxylic acids is 1. The van der Waals surface area contributed by atoms with E-state index in [1.54, 1.807) is 0 Å². The van der Waals surface area contributed by atoms with E-state index in [1.165, 1.54) is 0 Å². The number of amidine groups is 1. The molecule has 2 aliphatic heterocycles. The molecule has 0 aromatic carbocycles. The standard InChI is InChI=1S/C14H20N4O3/c1-9-7-12(21-16-9)11-3-5-18(6-4-11)14(19)15-13-8-10(2)20-17-13/h7,10-11H,3-6,8H2,1-2H3,(H,15,17,19). The summed E-state index contributed by atoms with van der Waals surface area (Å²) in [6, 6.07) is 1.88. The summed E-state index contributed by atoms with van der Waals surface area (Å²) in [7, 11) is 0. The zero-order valence-electron chi connectivity index (χ0n) is 12.3. The number of nitrogens with zero attached hydrogens (tertiary/aromatic N) is 3. The zero-order valence-corrected chi connectivity index (χ0v) is 12.3. The van der Waals surface area contributed by atoms with Crippen LogP contribution in [0.4, 0.5) is 4.79 Å². The number of hydrogen-bond donors (Lipinski definition) is 1. The van der Waals surface area contributed by atoms with Gasteiger partial charge in [-0.15, -0.1) is 0 Å². The lowest BCUT2D eigenvalue weighted by atomic mass is 9.94. The second-order valence-corrected chi connectivity index (χ2v) is 5.72. The van der Waals surface area contributed by atoms with Gasteiger partial charge < -0.3 is 14.3 Å². The molecule has 7 nitrogen and oxygen atoms in total. The van der Waals surface area contributed by atoms with Gasteiger partial charge in [-0.2, -0.15) is 0 Å². The Balaban J connectivity index is 1.50. The van der Waals surface area contributed by atoms with E-state index in [-0.39, 0.29) is 12.1 Å². The van der Waals surface area contributed by atoms with Crippen LogP contribution in [0.1, 0.15) is 43.6 Å². The minimum absolute atomic E-state index is 0.0423. The quantitative estimate of drug-likeness (QED) is 0.858. The molecule has 114 valence electrons. The normalized spacial score (nSPS) is 22.9. The van der Waals surface area contributed by atoms with E-state index < -0.39 is 0 Å². The molecule has 0 radical (unpaired) electrons. The number of urea groups is 1. The lowest BCUT2D eigenvalue weighted by molar-refractivity contribution is 0.0994. The third kappa shape index (κ3) is 3.17. The average Bonchev–Trinajstić information content (AvgIpc) is 3.08. The maximum atomic E-state index is 12.2. The lowest BCUT2D eigenvalue weighted by Gasteiger charge is -2.30. The molecule has 1 atom stereocenters. The zero-order chi connectivity index (χ0) is 14.8. The van der Waals surface area contributed by atoms with Crippen molar-refractivity contribution in [3.63, 3.8) is 0 Å². The first-order valence-corrected chi connectivity index (χ1v) is 7.33. The lowest BCUT2D eigenvalue weighted by Crippen LogP contribution is -2.46. The van der Waals surface area contributed by atoms with Gasteiger partial charge >= 0.3 is 6.03 Å². The predicted octanol–water partition coefficient (Wildman–Crippen LogP) is 1.99. The number of likely N-dealkylation sites (tertiary alicyclic amines) is 1. The first kappa shape index (κ1) is 13.9. The highest BCUT2D eigenvalue weighted by Gasteiger charge is 2.27. The number of carbonyl (C=O) groups is 1. The first-order chi connectivity index (χ1) is 10.1. The van der Waals surface area contributed by atoms with Crippen LogP contribution < -0.4 is 5.32 Å². The van der Waals surface area contributed by atoms with Gasteiger partial charge in [0.05, 0.1) is 5.69 Å². The van der Waals surface area contributed by atoms with E-state index in [9.17, 15) is 4.79 Å².